The number of imidazole rings is 1. The molecule has 1 aliphatic carbocycles. The Labute approximate surface area is 135 Å². The molecule has 0 amide bonds. The lowest BCUT2D eigenvalue weighted by atomic mass is 9.93. The number of H-pyrrole nitrogens is 1. The van der Waals surface area contributed by atoms with Gasteiger partial charge in [-0.2, -0.15) is 0 Å². The van der Waals surface area contributed by atoms with Crippen LogP contribution in [0.4, 0.5) is 4.39 Å². The highest BCUT2D eigenvalue weighted by Gasteiger charge is 2.63. The van der Waals surface area contributed by atoms with Gasteiger partial charge in [0.15, 0.2) is 4.77 Å². The molecule has 1 aromatic heterocycles. The van der Waals surface area contributed by atoms with Gasteiger partial charge in [-0.05, 0) is 42.4 Å². The van der Waals surface area contributed by atoms with Gasteiger partial charge < -0.3 is 14.7 Å². The first-order valence-corrected chi connectivity index (χ1v) is 7.70. The Kier molecular flexibility index (Phi) is 2.81. The maximum Gasteiger partial charge on any atom is 0.309 e. The lowest BCUT2D eigenvalue weighted by Gasteiger charge is -2.14. The van der Waals surface area contributed by atoms with Crippen LogP contribution in [0.5, 0.6) is 0 Å². The van der Waals surface area contributed by atoms with Gasteiger partial charge >= 0.3 is 5.97 Å². The Morgan fingerprint density at radius 1 is 1.59 bits per heavy atom. The highest BCUT2D eigenvalue weighted by atomic mass is 35.5. The third-order valence-electron chi connectivity index (χ3n) is 4.74. The van der Waals surface area contributed by atoms with Gasteiger partial charge in [0, 0.05) is 34.3 Å². The van der Waals surface area contributed by atoms with Crippen LogP contribution in [-0.4, -0.2) is 20.6 Å². The molecule has 2 heterocycles. The zero-order chi connectivity index (χ0) is 15.6. The summed E-state index contributed by atoms with van der Waals surface area (Å²) in [6.07, 6.45) is 0.695. The van der Waals surface area contributed by atoms with Crippen molar-refractivity contribution < 1.29 is 14.3 Å². The number of benzene rings is 1. The van der Waals surface area contributed by atoms with Crippen molar-refractivity contribution in [3.63, 3.8) is 0 Å². The highest BCUT2D eigenvalue weighted by molar-refractivity contribution is 7.71. The van der Waals surface area contributed by atoms with Crippen molar-refractivity contribution in [1.29, 1.82) is 0 Å². The van der Waals surface area contributed by atoms with E-state index in [1.165, 1.54) is 12.1 Å². The molecule has 1 saturated carbocycles. The molecular formula is C15H12ClFN2O2S. The van der Waals surface area contributed by atoms with Crippen LogP contribution in [0, 0.1) is 10.6 Å². The van der Waals surface area contributed by atoms with Crippen molar-refractivity contribution in [1.82, 2.24) is 9.55 Å². The van der Waals surface area contributed by atoms with Gasteiger partial charge in [0.05, 0.1) is 6.42 Å². The fourth-order valence-electron chi connectivity index (χ4n) is 3.76. The monoisotopic (exact) mass is 338 g/mol. The number of carboxylic acid groups (broad SMARTS) is 1. The fourth-order valence-corrected chi connectivity index (χ4v) is 4.21. The van der Waals surface area contributed by atoms with Crippen molar-refractivity contribution in [3.8, 4) is 0 Å². The SMILES string of the molecule is O=C(O)Cc1[nH]c(=S)n2c1[C@@H]1C[C@]1(c1cc(Cl)ccc1F)C2. The number of hydrogen-bond acceptors (Lipinski definition) is 2. The van der Waals surface area contributed by atoms with Crippen LogP contribution in [0.3, 0.4) is 0 Å². The van der Waals surface area contributed by atoms with Gasteiger partial charge in [0.2, 0.25) is 0 Å². The Morgan fingerprint density at radius 3 is 3.09 bits per heavy atom. The van der Waals surface area contributed by atoms with Crippen molar-refractivity contribution in [3.05, 3.63) is 50.8 Å². The standard InChI is InChI=1S/C15H12ClFN2O2S/c16-7-1-2-10(17)8(3-7)15-5-9(15)13-11(4-12(20)21)18-14(22)19(13)6-15/h1-3,9H,4-6H2,(H,18,22)(H,20,21)/t9-,15+/m0/s1. The summed E-state index contributed by atoms with van der Waals surface area (Å²) in [5, 5.41) is 9.53. The maximum atomic E-state index is 14.2. The van der Waals surface area contributed by atoms with Crippen molar-refractivity contribution >= 4 is 29.8 Å². The van der Waals surface area contributed by atoms with E-state index in [4.69, 9.17) is 28.9 Å². The number of nitrogens with one attached hydrogen (secondary N) is 1. The van der Waals surface area contributed by atoms with E-state index in [2.05, 4.69) is 4.98 Å². The van der Waals surface area contributed by atoms with E-state index in [0.29, 0.717) is 27.6 Å². The van der Waals surface area contributed by atoms with Crippen LogP contribution >= 0.6 is 23.8 Å². The molecule has 0 radical (unpaired) electrons. The number of carbonyl (C=O) groups is 1. The van der Waals surface area contributed by atoms with Gasteiger partial charge in [-0.25, -0.2) is 4.39 Å². The van der Waals surface area contributed by atoms with Crippen molar-refractivity contribution in [2.24, 2.45) is 0 Å². The molecule has 4 nitrogen and oxygen atoms in total. The van der Waals surface area contributed by atoms with Gasteiger partial charge in [-0.15, -0.1) is 0 Å². The molecule has 2 N–H and O–H groups in total. The van der Waals surface area contributed by atoms with E-state index in [9.17, 15) is 9.18 Å². The number of aliphatic carboxylic acids is 1. The van der Waals surface area contributed by atoms with E-state index in [1.807, 2.05) is 4.57 Å². The Balaban J connectivity index is 1.80. The third kappa shape index (κ3) is 1.80. The molecule has 1 aromatic carbocycles. The van der Waals surface area contributed by atoms with Crippen molar-refractivity contribution in [2.45, 2.75) is 30.7 Å². The molecule has 1 fully saturated rings. The number of halogens is 2. The minimum absolute atomic E-state index is 0.0998. The van der Waals surface area contributed by atoms with E-state index in [0.717, 1.165) is 12.1 Å². The quantitative estimate of drug-likeness (QED) is 0.843. The van der Waals surface area contributed by atoms with Crippen LogP contribution in [0.2, 0.25) is 5.02 Å². The first-order chi connectivity index (χ1) is 10.4. The Bertz CT molecular complexity index is 875. The number of fused-ring (bicyclic) bond motifs is 3. The molecule has 2 atom stereocenters. The van der Waals surface area contributed by atoms with Crippen LogP contribution in [0.1, 0.15) is 29.3 Å². The zero-order valence-corrected chi connectivity index (χ0v) is 13.0. The molecule has 0 saturated heterocycles. The topological polar surface area (TPSA) is 58.0 Å². The minimum atomic E-state index is -0.910. The van der Waals surface area contributed by atoms with E-state index < -0.39 is 5.97 Å². The van der Waals surface area contributed by atoms with Crippen LogP contribution < -0.4 is 0 Å². The smallest absolute Gasteiger partial charge is 0.309 e. The molecule has 22 heavy (non-hydrogen) atoms. The molecule has 114 valence electrons. The third-order valence-corrected chi connectivity index (χ3v) is 5.30. The summed E-state index contributed by atoms with van der Waals surface area (Å²) in [6.45, 7) is 0.569. The predicted octanol–water partition coefficient (Wildman–Crippen LogP) is 3.40. The Morgan fingerprint density at radius 2 is 2.36 bits per heavy atom. The van der Waals surface area contributed by atoms with E-state index >= 15 is 0 Å². The molecule has 7 heteroatoms. The molecule has 0 unspecified atom stereocenters. The van der Waals surface area contributed by atoms with Crippen molar-refractivity contribution in [2.75, 3.05) is 0 Å². The van der Waals surface area contributed by atoms with Gasteiger partial charge in [0.25, 0.3) is 0 Å². The second-order valence-electron chi connectivity index (χ2n) is 5.99. The summed E-state index contributed by atoms with van der Waals surface area (Å²) in [6, 6.07) is 4.59. The number of hydrogen-bond donors (Lipinski definition) is 2. The molecule has 1 aliphatic heterocycles. The summed E-state index contributed by atoms with van der Waals surface area (Å²) in [7, 11) is 0. The van der Waals surface area contributed by atoms with Gasteiger partial charge in [-0.3, -0.25) is 4.79 Å². The highest BCUT2D eigenvalue weighted by Crippen LogP contribution is 2.66. The summed E-state index contributed by atoms with van der Waals surface area (Å²) < 4.78 is 16.6. The van der Waals surface area contributed by atoms with Crippen LogP contribution in [0.15, 0.2) is 18.2 Å². The number of aromatic nitrogens is 2. The van der Waals surface area contributed by atoms with Gasteiger partial charge in [0.1, 0.15) is 5.82 Å². The van der Waals surface area contributed by atoms with E-state index in [-0.39, 0.29) is 23.6 Å². The summed E-state index contributed by atoms with van der Waals surface area (Å²) >= 11 is 11.3. The molecule has 0 bridgehead atoms. The molecular weight excluding hydrogens is 327 g/mol. The molecule has 2 aliphatic rings. The summed E-state index contributed by atoms with van der Waals surface area (Å²) in [5.41, 5.74) is 1.81. The Hall–Kier alpha value is -1.66. The number of carboxylic acids is 1. The predicted molar refractivity (Wildman–Crippen MR) is 81.4 cm³/mol. The minimum Gasteiger partial charge on any atom is -0.481 e. The number of rotatable bonds is 3. The average Bonchev–Trinajstić information content (AvgIpc) is 2.94. The second-order valence-corrected chi connectivity index (χ2v) is 6.81. The first-order valence-electron chi connectivity index (χ1n) is 6.91. The first kappa shape index (κ1) is 14.0. The number of aromatic amines is 1. The molecule has 2 aromatic rings. The summed E-state index contributed by atoms with van der Waals surface area (Å²) in [4.78, 5) is 14.0. The number of nitrogens with zero attached hydrogens (tertiary/aromatic N) is 1. The molecule has 0 spiro atoms. The second kappa shape index (κ2) is 4.43. The van der Waals surface area contributed by atoms with Gasteiger partial charge in [-0.1, -0.05) is 11.6 Å². The lowest BCUT2D eigenvalue weighted by Crippen LogP contribution is -2.14. The normalized spacial score (nSPS) is 24.9. The van der Waals surface area contributed by atoms with E-state index in [1.54, 1.807) is 6.07 Å². The maximum absolute atomic E-state index is 14.2. The van der Waals surface area contributed by atoms with Crippen LogP contribution in [-0.2, 0) is 23.2 Å². The van der Waals surface area contributed by atoms with Crippen LogP contribution in [0.25, 0.3) is 0 Å². The largest absolute Gasteiger partial charge is 0.481 e. The molecule has 4 rings (SSSR count). The fraction of sp³-hybridized carbons (Fsp3) is 0.333. The zero-order valence-electron chi connectivity index (χ0n) is 11.4. The lowest BCUT2D eigenvalue weighted by molar-refractivity contribution is -0.136. The average molecular weight is 339 g/mol. The summed E-state index contributed by atoms with van der Waals surface area (Å²) in [5.74, 6) is -1.08.